The number of hydrogen-bond acceptors (Lipinski definition) is 3. The Bertz CT molecular complexity index is 352. The molecule has 4 heteroatoms. The van der Waals surface area contributed by atoms with Gasteiger partial charge < -0.3 is 9.88 Å². The van der Waals surface area contributed by atoms with Crippen molar-refractivity contribution in [1.29, 1.82) is 0 Å². The lowest BCUT2D eigenvalue weighted by atomic mass is 9.98. The van der Waals surface area contributed by atoms with E-state index in [-0.39, 0.29) is 0 Å². The highest BCUT2D eigenvalue weighted by Crippen LogP contribution is 2.15. The maximum Gasteiger partial charge on any atom is 0.0945 e. The van der Waals surface area contributed by atoms with Crippen molar-refractivity contribution < 1.29 is 0 Å². The van der Waals surface area contributed by atoms with Gasteiger partial charge in [0.25, 0.3) is 0 Å². The molecule has 1 saturated heterocycles. The Morgan fingerprint density at radius 3 is 2.94 bits per heavy atom. The molecule has 2 heterocycles. The Morgan fingerprint density at radius 2 is 2.39 bits per heavy atom. The second-order valence-corrected chi connectivity index (χ2v) is 5.73. The van der Waals surface area contributed by atoms with Crippen molar-refractivity contribution in [2.24, 2.45) is 13.0 Å². The molecular formula is C14H26N4. The first kappa shape index (κ1) is 13.6. The third-order valence-corrected chi connectivity index (χ3v) is 3.90. The van der Waals surface area contributed by atoms with Gasteiger partial charge in [0.1, 0.15) is 0 Å². The van der Waals surface area contributed by atoms with Gasteiger partial charge in [-0.3, -0.25) is 4.90 Å². The summed E-state index contributed by atoms with van der Waals surface area (Å²) in [6, 6.07) is 0.585. The summed E-state index contributed by atoms with van der Waals surface area (Å²) in [6.07, 6.45) is 6.55. The van der Waals surface area contributed by atoms with Crippen molar-refractivity contribution in [3.8, 4) is 0 Å². The molecule has 1 aromatic rings. The van der Waals surface area contributed by atoms with Gasteiger partial charge in [-0.2, -0.15) is 0 Å². The molecule has 1 fully saturated rings. The molecule has 0 radical (unpaired) electrons. The zero-order chi connectivity index (χ0) is 13.0. The van der Waals surface area contributed by atoms with Gasteiger partial charge in [-0.25, -0.2) is 4.98 Å². The second kappa shape index (κ2) is 6.34. The van der Waals surface area contributed by atoms with E-state index in [1.54, 1.807) is 0 Å². The van der Waals surface area contributed by atoms with Gasteiger partial charge in [-0.05, 0) is 45.7 Å². The third-order valence-electron chi connectivity index (χ3n) is 3.90. The Hall–Kier alpha value is -0.870. The van der Waals surface area contributed by atoms with Crippen LogP contribution >= 0.6 is 0 Å². The van der Waals surface area contributed by atoms with E-state index in [0.717, 1.165) is 12.5 Å². The van der Waals surface area contributed by atoms with Crippen molar-refractivity contribution in [1.82, 2.24) is 19.8 Å². The third kappa shape index (κ3) is 3.56. The summed E-state index contributed by atoms with van der Waals surface area (Å²) in [4.78, 5) is 6.77. The van der Waals surface area contributed by atoms with Crippen LogP contribution in [0.5, 0.6) is 0 Å². The topological polar surface area (TPSA) is 33.1 Å². The Morgan fingerprint density at radius 1 is 1.56 bits per heavy atom. The fourth-order valence-corrected chi connectivity index (χ4v) is 2.61. The molecule has 2 rings (SSSR count). The van der Waals surface area contributed by atoms with Crippen LogP contribution in [-0.2, 0) is 13.6 Å². The lowest BCUT2D eigenvalue weighted by Crippen LogP contribution is -2.41. The number of hydrogen-bond donors (Lipinski definition) is 1. The minimum absolute atomic E-state index is 0.585. The van der Waals surface area contributed by atoms with Crippen molar-refractivity contribution in [3.63, 3.8) is 0 Å². The van der Waals surface area contributed by atoms with Crippen LogP contribution in [0.15, 0.2) is 12.5 Å². The van der Waals surface area contributed by atoms with E-state index in [2.05, 4.69) is 40.7 Å². The summed E-state index contributed by atoms with van der Waals surface area (Å²) < 4.78 is 2.12. The molecule has 18 heavy (non-hydrogen) atoms. The van der Waals surface area contributed by atoms with Gasteiger partial charge in [-0.1, -0.05) is 0 Å². The van der Waals surface area contributed by atoms with Crippen LogP contribution in [0.1, 0.15) is 32.4 Å². The summed E-state index contributed by atoms with van der Waals surface area (Å²) >= 11 is 0. The maximum absolute atomic E-state index is 4.20. The summed E-state index contributed by atoms with van der Waals surface area (Å²) in [5, 5.41) is 3.51. The van der Waals surface area contributed by atoms with Gasteiger partial charge in [-0.15, -0.1) is 0 Å². The summed E-state index contributed by atoms with van der Waals surface area (Å²) in [5.41, 5.74) is 1.30. The molecule has 1 unspecified atom stereocenters. The van der Waals surface area contributed by atoms with Gasteiger partial charge in [0, 0.05) is 32.4 Å². The van der Waals surface area contributed by atoms with E-state index < -0.39 is 0 Å². The zero-order valence-electron chi connectivity index (χ0n) is 11.9. The molecular weight excluding hydrogens is 224 g/mol. The predicted molar refractivity (Wildman–Crippen MR) is 74.3 cm³/mol. The lowest BCUT2D eigenvalue weighted by Gasteiger charge is -2.32. The number of aryl methyl sites for hydroxylation is 1. The minimum Gasteiger partial charge on any atom is -0.337 e. The van der Waals surface area contributed by atoms with Crippen LogP contribution < -0.4 is 5.32 Å². The quantitative estimate of drug-likeness (QED) is 0.862. The maximum atomic E-state index is 4.20. The first-order chi connectivity index (χ1) is 8.66. The summed E-state index contributed by atoms with van der Waals surface area (Å²) in [5.74, 6) is 0.800. The molecule has 1 atom stereocenters. The largest absolute Gasteiger partial charge is 0.337 e. The Kier molecular flexibility index (Phi) is 4.78. The molecule has 0 saturated carbocycles. The van der Waals surface area contributed by atoms with Crippen LogP contribution in [-0.4, -0.2) is 40.1 Å². The Labute approximate surface area is 110 Å². The molecule has 1 N–H and O–H groups in total. The summed E-state index contributed by atoms with van der Waals surface area (Å²) in [6.45, 7) is 9.13. The average Bonchev–Trinajstić information content (AvgIpc) is 2.75. The van der Waals surface area contributed by atoms with E-state index >= 15 is 0 Å². The molecule has 0 aromatic carbocycles. The Balaban J connectivity index is 1.93. The van der Waals surface area contributed by atoms with E-state index in [0.29, 0.717) is 6.04 Å². The lowest BCUT2D eigenvalue weighted by molar-refractivity contribution is 0.161. The molecule has 1 aliphatic rings. The number of piperidine rings is 1. The van der Waals surface area contributed by atoms with E-state index in [4.69, 9.17) is 0 Å². The highest BCUT2D eigenvalue weighted by atomic mass is 15.2. The van der Waals surface area contributed by atoms with Crippen LogP contribution in [0.2, 0.25) is 0 Å². The standard InChI is InChI=1S/C14H26N4/c1-12(2)18(9-13-5-4-6-15-7-13)10-14-8-16-11-17(14)3/h8,11-13,15H,4-7,9-10H2,1-3H3. The molecule has 0 spiro atoms. The van der Waals surface area contributed by atoms with E-state index in [1.165, 1.54) is 38.2 Å². The van der Waals surface area contributed by atoms with Gasteiger partial charge >= 0.3 is 0 Å². The van der Waals surface area contributed by atoms with Gasteiger partial charge in [0.05, 0.1) is 12.0 Å². The number of imidazole rings is 1. The number of rotatable bonds is 5. The van der Waals surface area contributed by atoms with Gasteiger partial charge in [0.2, 0.25) is 0 Å². The molecule has 1 aromatic heterocycles. The predicted octanol–water partition coefficient (Wildman–Crippen LogP) is 1.63. The van der Waals surface area contributed by atoms with Crippen molar-refractivity contribution in [2.45, 2.75) is 39.3 Å². The summed E-state index contributed by atoms with van der Waals surface area (Å²) in [7, 11) is 2.07. The van der Waals surface area contributed by atoms with Crippen molar-refractivity contribution in [2.75, 3.05) is 19.6 Å². The molecule has 4 nitrogen and oxygen atoms in total. The second-order valence-electron chi connectivity index (χ2n) is 5.73. The van der Waals surface area contributed by atoms with Crippen LogP contribution in [0.25, 0.3) is 0 Å². The van der Waals surface area contributed by atoms with E-state index in [1.807, 2.05) is 12.5 Å². The van der Waals surface area contributed by atoms with Crippen LogP contribution in [0.4, 0.5) is 0 Å². The smallest absolute Gasteiger partial charge is 0.0945 e. The molecule has 102 valence electrons. The number of aromatic nitrogens is 2. The molecule has 0 bridgehead atoms. The molecule has 0 amide bonds. The van der Waals surface area contributed by atoms with Gasteiger partial charge in [0.15, 0.2) is 0 Å². The highest BCUT2D eigenvalue weighted by Gasteiger charge is 2.19. The fraction of sp³-hybridized carbons (Fsp3) is 0.786. The fourth-order valence-electron chi connectivity index (χ4n) is 2.61. The first-order valence-corrected chi connectivity index (χ1v) is 7.06. The molecule has 0 aliphatic carbocycles. The van der Waals surface area contributed by atoms with Crippen LogP contribution in [0, 0.1) is 5.92 Å². The van der Waals surface area contributed by atoms with Crippen LogP contribution in [0.3, 0.4) is 0 Å². The average molecular weight is 250 g/mol. The van der Waals surface area contributed by atoms with E-state index in [9.17, 15) is 0 Å². The first-order valence-electron chi connectivity index (χ1n) is 7.06. The van der Waals surface area contributed by atoms with Crippen molar-refractivity contribution in [3.05, 3.63) is 18.2 Å². The molecule has 1 aliphatic heterocycles. The number of nitrogens with one attached hydrogen (secondary N) is 1. The minimum atomic E-state index is 0.585. The van der Waals surface area contributed by atoms with Crippen molar-refractivity contribution >= 4 is 0 Å². The number of nitrogens with zero attached hydrogens (tertiary/aromatic N) is 3. The normalized spacial score (nSPS) is 20.8. The SMILES string of the molecule is CC(C)N(Cc1cncn1C)CC1CCCNC1. The zero-order valence-corrected chi connectivity index (χ0v) is 11.9. The highest BCUT2D eigenvalue weighted by molar-refractivity contribution is 4.97. The monoisotopic (exact) mass is 250 g/mol.